The molecule has 1 nitrogen and oxygen atoms in total. The van der Waals surface area contributed by atoms with Gasteiger partial charge in [-0.25, -0.2) is 0 Å². The maximum Gasteiger partial charge on any atom is 0.0830 e. The molecule has 0 bridgehead atoms. The Hall–Kier alpha value is -0.300. The van der Waals surface area contributed by atoms with Gasteiger partial charge in [0.1, 0.15) is 0 Å². The van der Waals surface area contributed by atoms with Crippen molar-refractivity contribution in [1.82, 2.24) is 0 Å². The monoisotopic (exact) mass is 113 g/mol. The van der Waals surface area contributed by atoms with Crippen molar-refractivity contribution in [3.05, 3.63) is 18.8 Å². The van der Waals surface area contributed by atoms with Gasteiger partial charge in [-0.3, -0.25) is 0 Å². The van der Waals surface area contributed by atoms with E-state index in [9.17, 15) is 0 Å². The fourth-order valence-corrected chi connectivity index (χ4v) is 0.412. The minimum atomic E-state index is 0.297. The minimum Gasteiger partial charge on any atom is -0.390 e. The number of aliphatic hydroxyl groups excluding tert-OH is 1. The Morgan fingerprint density at radius 2 is 2.25 bits per heavy atom. The lowest BCUT2D eigenvalue weighted by molar-refractivity contribution is 0.327. The van der Waals surface area contributed by atoms with Crippen molar-refractivity contribution in [1.29, 1.82) is 0 Å². The van der Waals surface area contributed by atoms with Crippen LogP contribution < -0.4 is 0 Å². The van der Waals surface area contributed by atoms with E-state index in [4.69, 9.17) is 5.11 Å². The van der Waals surface area contributed by atoms with E-state index in [1.54, 1.807) is 0 Å². The predicted molar refractivity (Wildman–Crippen MR) is 34.8 cm³/mol. The highest BCUT2D eigenvalue weighted by molar-refractivity contribution is 4.80. The molecule has 0 heterocycles. The summed E-state index contributed by atoms with van der Waals surface area (Å²) in [7, 11) is 0. The molecular weight excluding hydrogens is 100 g/mol. The smallest absolute Gasteiger partial charge is 0.0830 e. The second kappa shape index (κ2) is 4.85. The van der Waals surface area contributed by atoms with Crippen LogP contribution in [0.4, 0.5) is 0 Å². The zero-order chi connectivity index (χ0) is 6.41. The van der Waals surface area contributed by atoms with Crippen LogP contribution in [0.25, 0.3) is 0 Å². The van der Waals surface area contributed by atoms with Crippen molar-refractivity contribution >= 4 is 0 Å². The Morgan fingerprint density at radius 1 is 1.62 bits per heavy atom. The van der Waals surface area contributed by atoms with E-state index in [-0.39, 0.29) is 0 Å². The Labute approximate surface area is 51.0 Å². The van der Waals surface area contributed by atoms with Crippen LogP contribution in [0.1, 0.15) is 20.3 Å². The second-order valence-corrected chi connectivity index (χ2v) is 1.93. The maximum absolute atomic E-state index is 8.40. The van der Waals surface area contributed by atoms with Crippen molar-refractivity contribution in [2.24, 2.45) is 5.92 Å². The molecule has 0 fully saturated rings. The Bertz CT molecular complexity index is 66.8. The van der Waals surface area contributed by atoms with Gasteiger partial charge in [0.25, 0.3) is 0 Å². The normalized spacial score (nSPS) is 14.9. The average molecular weight is 113 g/mol. The summed E-state index contributed by atoms with van der Waals surface area (Å²) < 4.78 is 0. The standard InChI is InChI=1S/C7H13O/c1-3-4-5-7(2)6-8/h3-4,6-8H,5H2,1-2H3. The molecule has 0 spiro atoms. The van der Waals surface area contributed by atoms with Crippen molar-refractivity contribution < 1.29 is 5.11 Å². The molecule has 1 N–H and O–H groups in total. The molecule has 1 atom stereocenters. The van der Waals surface area contributed by atoms with E-state index < -0.39 is 0 Å². The molecule has 1 heteroatoms. The van der Waals surface area contributed by atoms with Crippen molar-refractivity contribution in [2.45, 2.75) is 20.3 Å². The minimum absolute atomic E-state index is 0.297. The summed E-state index contributed by atoms with van der Waals surface area (Å²) in [4.78, 5) is 0. The average Bonchev–Trinajstić information content (AvgIpc) is 1.83. The van der Waals surface area contributed by atoms with Crippen LogP contribution in [0.2, 0.25) is 0 Å². The predicted octanol–water partition coefficient (Wildman–Crippen LogP) is 2.12. The van der Waals surface area contributed by atoms with Gasteiger partial charge in [0.2, 0.25) is 0 Å². The zero-order valence-corrected chi connectivity index (χ0v) is 5.46. The first-order chi connectivity index (χ1) is 3.81. The Morgan fingerprint density at radius 3 is 2.62 bits per heavy atom. The van der Waals surface area contributed by atoms with Gasteiger partial charge in [-0.15, -0.1) is 0 Å². The number of rotatable bonds is 3. The van der Waals surface area contributed by atoms with Gasteiger partial charge in [-0.05, 0) is 19.3 Å². The number of hydrogen-bond acceptors (Lipinski definition) is 1. The molecule has 0 aromatic rings. The van der Waals surface area contributed by atoms with E-state index >= 15 is 0 Å². The van der Waals surface area contributed by atoms with Crippen molar-refractivity contribution in [3.8, 4) is 0 Å². The highest BCUT2D eigenvalue weighted by Crippen LogP contribution is 2.03. The molecule has 0 saturated carbocycles. The first-order valence-corrected chi connectivity index (χ1v) is 2.90. The summed E-state index contributed by atoms with van der Waals surface area (Å²) in [6.07, 6.45) is 4.96. The molecule has 0 aliphatic carbocycles. The lowest BCUT2D eigenvalue weighted by atomic mass is 10.1. The number of allylic oxidation sites excluding steroid dienone is 2. The topological polar surface area (TPSA) is 20.2 Å². The lowest BCUT2D eigenvalue weighted by Gasteiger charge is -1.99. The molecule has 0 aliphatic heterocycles. The third-order valence-corrected chi connectivity index (χ3v) is 0.998. The molecule has 0 aliphatic rings. The van der Waals surface area contributed by atoms with Gasteiger partial charge in [-0.1, -0.05) is 19.1 Å². The summed E-state index contributed by atoms with van der Waals surface area (Å²) >= 11 is 0. The molecule has 1 radical (unpaired) electrons. The molecule has 1 unspecified atom stereocenters. The molecular formula is C7H13O. The summed E-state index contributed by atoms with van der Waals surface area (Å²) in [6, 6.07) is 0. The van der Waals surface area contributed by atoms with Gasteiger partial charge < -0.3 is 5.11 Å². The van der Waals surface area contributed by atoms with E-state index in [0.29, 0.717) is 5.92 Å². The first-order valence-electron chi connectivity index (χ1n) is 2.90. The number of hydrogen-bond donors (Lipinski definition) is 1. The highest BCUT2D eigenvalue weighted by Gasteiger charge is 1.93. The van der Waals surface area contributed by atoms with Crippen molar-refractivity contribution in [3.63, 3.8) is 0 Å². The number of aliphatic hydroxyl groups is 1. The summed E-state index contributed by atoms with van der Waals surface area (Å²) in [6.45, 7) is 5.17. The SMILES string of the molecule is CC=CCC(C)[CH]O. The van der Waals surface area contributed by atoms with Gasteiger partial charge in [0.15, 0.2) is 0 Å². The van der Waals surface area contributed by atoms with Gasteiger partial charge in [0, 0.05) is 0 Å². The highest BCUT2D eigenvalue weighted by atomic mass is 16.3. The van der Waals surface area contributed by atoms with Crippen LogP contribution in [-0.4, -0.2) is 5.11 Å². The third-order valence-electron chi connectivity index (χ3n) is 0.998. The summed E-state index contributed by atoms with van der Waals surface area (Å²) in [5.41, 5.74) is 0. The van der Waals surface area contributed by atoms with Crippen LogP contribution >= 0.6 is 0 Å². The molecule has 8 heavy (non-hydrogen) atoms. The largest absolute Gasteiger partial charge is 0.390 e. The third kappa shape index (κ3) is 3.88. The fourth-order valence-electron chi connectivity index (χ4n) is 0.412. The van der Waals surface area contributed by atoms with E-state index in [1.165, 1.54) is 6.61 Å². The quantitative estimate of drug-likeness (QED) is 0.556. The van der Waals surface area contributed by atoms with Crippen LogP contribution in [0, 0.1) is 12.5 Å². The van der Waals surface area contributed by atoms with Crippen LogP contribution in [0.5, 0.6) is 0 Å². The molecule has 0 aromatic heterocycles. The Kier molecular flexibility index (Phi) is 4.67. The maximum atomic E-state index is 8.40. The zero-order valence-electron chi connectivity index (χ0n) is 5.46. The molecule has 0 saturated heterocycles. The van der Waals surface area contributed by atoms with E-state index in [2.05, 4.69) is 0 Å². The molecule has 0 aromatic carbocycles. The molecule has 47 valence electrons. The molecule has 0 rings (SSSR count). The van der Waals surface area contributed by atoms with Crippen molar-refractivity contribution in [2.75, 3.05) is 0 Å². The summed E-state index contributed by atoms with van der Waals surface area (Å²) in [5.74, 6) is 0.297. The second-order valence-electron chi connectivity index (χ2n) is 1.93. The van der Waals surface area contributed by atoms with Crippen LogP contribution in [0.15, 0.2) is 12.2 Å². The lowest BCUT2D eigenvalue weighted by Crippen LogP contribution is -1.90. The van der Waals surface area contributed by atoms with Gasteiger partial charge in [-0.2, -0.15) is 0 Å². The molecule has 0 amide bonds. The van der Waals surface area contributed by atoms with Crippen LogP contribution in [0.3, 0.4) is 0 Å². The van der Waals surface area contributed by atoms with E-state index in [1.807, 2.05) is 26.0 Å². The van der Waals surface area contributed by atoms with Gasteiger partial charge in [0.05, 0.1) is 6.61 Å². The van der Waals surface area contributed by atoms with E-state index in [0.717, 1.165) is 6.42 Å². The first kappa shape index (κ1) is 7.70. The van der Waals surface area contributed by atoms with Crippen LogP contribution in [-0.2, 0) is 0 Å². The van der Waals surface area contributed by atoms with Gasteiger partial charge >= 0.3 is 0 Å². The Balaban J connectivity index is 3.10. The summed E-state index contributed by atoms with van der Waals surface area (Å²) in [5, 5.41) is 8.40. The fraction of sp³-hybridized carbons (Fsp3) is 0.571.